The number of carbonyl (C=O) groups is 1. The first-order chi connectivity index (χ1) is 11.8. The van der Waals surface area contributed by atoms with Crippen molar-refractivity contribution in [1.82, 2.24) is 9.78 Å². The first-order valence-electron chi connectivity index (χ1n) is 8.63. The molecule has 0 aliphatic carbocycles. The van der Waals surface area contributed by atoms with Gasteiger partial charge in [0.1, 0.15) is 5.82 Å². The molecule has 6 heteroatoms. The monoisotopic (exact) mass is 359 g/mol. The molecule has 1 amide bonds. The maximum atomic E-state index is 13.0. The van der Waals surface area contributed by atoms with Crippen molar-refractivity contribution in [2.45, 2.75) is 57.1 Å². The fraction of sp³-hybridized carbons (Fsp3) is 0.474. The van der Waals surface area contributed by atoms with Gasteiger partial charge < -0.3 is 5.32 Å². The Morgan fingerprint density at radius 3 is 2.56 bits per heavy atom. The Morgan fingerprint density at radius 2 is 1.96 bits per heavy atom. The highest BCUT2D eigenvalue weighted by atomic mass is 32.2. The molecule has 1 aliphatic heterocycles. The number of hydrogen-bond donors (Lipinski definition) is 1. The van der Waals surface area contributed by atoms with E-state index in [9.17, 15) is 9.00 Å². The van der Waals surface area contributed by atoms with Crippen molar-refractivity contribution in [2.75, 3.05) is 5.32 Å². The van der Waals surface area contributed by atoms with Crippen LogP contribution >= 0.6 is 0 Å². The fourth-order valence-corrected chi connectivity index (χ4v) is 4.47. The lowest BCUT2D eigenvalue weighted by atomic mass is 9.95. The quantitative estimate of drug-likeness (QED) is 0.908. The molecular formula is C19H25N3O2S. The number of rotatable bonds is 4. The van der Waals surface area contributed by atoms with E-state index in [-0.39, 0.29) is 17.4 Å². The van der Waals surface area contributed by atoms with Crippen LogP contribution in [0.4, 0.5) is 5.82 Å². The van der Waals surface area contributed by atoms with E-state index in [2.05, 4.69) is 31.2 Å². The molecular weight excluding hydrogens is 334 g/mol. The van der Waals surface area contributed by atoms with E-state index in [0.717, 1.165) is 16.8 Å². The van der Waals surface area contributed by atoms with Crippen molar-refractivity contribution in [3.63, 3.8) is 0 Å². The van der Waals surface area contributed by atoms with E-state index in [4.69, 9.17) is 0 Å². The molecule has 3 rings (SSSR count). The minimum atomic E-state index is -0.924. The smallest absolute Gasteiger partial charge is 0.233 e. The molecule has 1 aromatic carbocycles. The van der Waals surface area contributed by atoms with Crippen LogP contribution in [0.5, 0.6) is 0 Å². The van der Waals surface area contributed by atoms with Crippen LogP contribution in [0.25, 0.3) is 0 Å². The summed E-state index contributed by atoms with van der Waals surface area (Å²) < 4.78 is 13.8. The van der Waals surface area contributed by atoms with E-state index in [1.54, 1.807) is 0 Å². The molecule has 2 aromatic rings. The third-order valence-electron chi connectivity index (χ3n) is 4.47. The number of benzene rings is 1. The molecule has 1 N–H and O–H groups in total. The van der Waals surface area contributed by atoms with Gasteiger partial charge in [0.05, 0.1) is 28.7 Å². The molecule has 134 valence electrons. The van der Waals surface area contributed by atoms with Gasteiger partial charge in [0.15, 0.2) is 0 Å². The Hall–Kier alpha value is -1.95. The summed E-state index contributed by atoms with van der Waals surface area (Å²) in [6.07, 6.45) is 0.716. The molecule has 2 heterocycles. The summed E-state index contributed by atoms with van der Waals surface area (Å²) in [5.41, 5.74) is 2.51. The van der Waals surface area contributed by atoms with Gasteiger partial charge in [0, 0.05) is 16.4 Å². The highest BCUT2D eigenvalue weighted by molar-refractivity contribution is 7.83. The summed E-state index contributed by atoms with van der Waals surface area (Å²) in [5, 5.41) is 7.73. The highest BCUT2D eigenvalue weighted by Gasteiger charge is 2.32. The molecule has 0 saturated heterocycles. The molecule has 0 bridgehead atoms. The van der Waals surface area contributed by atoms with Gasteiger partial charge in [-0.2, -0.15) is 5.10 Å². The van der Waals surface area contributed by atoms with E-state index in [1.165, 1.54) is 0 Å². The van der Waals surface area contributed by atoms with Gasteiger partial charge in [-0.15, -0.1) is 0 Å². The molecule has 1 aliphatic rings. The number of nitrogens with one attached hydrogen (secondary N) is 1. The Balaban J connectivity index is 1.94. The molecule has 0 spiro atoms. The number of aromatic nitrogens is 2. The third-order valence-corrected chi connectivity index (χ3v) is 5.68. The predicted molar refractivity (Wildman–Crippen MR) is 101 cm³/mol. The van der Waals surface area contributed by atoms with Gasteiger partial charge in [-0.3, -0.25) is 9.00 Å². The summed E-state index contributed by atoms with van der Waals surface area (Å²) in [5.74, 6) is 1.37. The summed E-state index contributed by atoms with van der Waals surface area (Å²) in [6, 6.07) is 9.81. The van der Waals surface area contributed by atoms with Crippen LogP contribution in [0.2, 0.25) is 0 Å². The zero-order chi connectivity index (χ0) is 18.2. The Bertz CT molecular complexity index is 806. The maximum Gasteiger partial charge on any atom is 0.233 e. The largest absolute Gasteiger partial charge is 0.310 e. The average Bonchev–Trinajstić information content (AvgIpc) is 3.06. The Kier molecular flexibility index (Phi) is 4.82. The van der Waals surface area contributed by atoms with Crippen molar-refractivity contribution in [3.05, 3.63) is 47.2 Å². The maximum absolute atomic E-state index is 13.0. The summed E-state index contributed by atoms with van der Waals surface area (Å²) >= 11 is 0. The lowest BCUT2D eigenvalue weighted by Gasteiger charge is -2.24. The van der Waals surface area contributed by atoms with E-state index < -0.39 is 10.8 Å². The number of amides is 1. The molecule has 0 saturated carbocycles. The lowest BCUT2D eigenvalue weighted by molar-refractivity contribution is -0.117. The summed E-state index contributed by atoms with van der Waals surface area (Å²) in [4.78, 5) is 13.0. The van der Waals surface area contributed by atoms with Gasteiger partial charge in [0.25, 0.3) is 0 Å². The van der Waals surface area contributed by atoms with E-state index in [1.807, 2.05) is 41.9 Å². The predicted octanol–water partition coefficient (Wildman–Crippen LogP) is 3.53. The lowest BCUT2D eigenvalue weighted by Crippen LogP contribution is -2.29. The number of hydrogen-bond acceptors (Lipinski definition) is 3. The molecule has 0 radical (unpaired) electrons. The Labute approximate surface area is 151 Å². The first-order valence-corrected chi connectivity index (χ1v) is 10.1. The average molecular weight is 359 g/mol. The first kappa shape index (κ1) is 17.9. The van der Waals surface area contributed by atoms with Gasteiger partial charge in [0.2, 0.25) is 5.91 Å². The van der Waals surface area contributed by atoms with Crippen LogP contribution in [0.3, 0.4) is 0 Å². The van der Waals surface area contributed by atoms with Gasteiger partial charge in [-0.1, -0.05) is 37.3 Å². The van der Waals surface area contributed by atoms with Crippen molar-refractivity contribution >= 4 is 22.5 Å². The molecule has 0 unspecified atom stereocenters. The fourth-order valence-electron chi connectivity index (χ4n) is 3.20. The molecule has 25 heavy (non-hydrogen) atoms. The standard InChI is InChI=1S/C19H25N3O2S/c1-5-14(13-9-7-6-8-10-13)18(23)20-17-15-11-25(24)12-16(15)21-22(17)19(2,3)4/h6-10,14H,5,11-12H2,1-4H3,(H,20,23)/t14-,25+/m0/s1. The van der Waals surface area contributed by atoms with Gasteiger partial charge in [-0.25, -0.2) is 4.68 Å². The number of anilines is 1. The van der Waals surface area contributed by atoms with Crippen LogP contribution in [-0.2, 0) is 32.6 Å². The molecule has 0 fully saturated rings. The zero-order valence-electron chi connectivity index (χ0n) is 15.2. The topological polar surface area (TPSA) is 64.0 Å². The van der Waals surface area contributed by atoms with Crippen molar-refractivity contribution in [1.29, 1.82) is 0 Å². The molecule has 5 nitrogen and oxygen atoms in total. The molecule has 2 atom stereocenters. The van der Waals surface area contributed by atoms with Gasteiger partial charge >= 0.3 is 0 Å². The number of nitrogens with zero attached hydrogens (tertiary/aromatic N) is 2. The summed E-state index contributed by atoms with van der Waals surface area (Å²) in [7, 11) is -0.924. The van der Waals surface area contributed by atoms with E-state index in [0.29, 0.717) is 23.7 Å². The van der Waals surface area contributed by atoms with Crippen molar-refractivity contribution in [3.8, 4) is 0 Å². The minimum Gasteiger partial charge on any atom is -0.310 e. The van der Waals surface area contributed by atoms with E-state index >= 15 is 0 Å². The zero-order valence-corrected chi connectivity index (χ0v) is 16.0. The number of fused-ring (bicyclic) bond motifs is 1. The Morgan fingerprint density at radius 1 is 1.28 bits per heavy atom. The second-order valence-electron chi connectivity index (χ2n) is 7.45. The van der Waals surface area contributed by atoms with Crippen molar-refractivity contribution < 1.29 is 9.00 Å². The van der Waals surface area contributed by atoms with Crippen LogP contribution in [-0.4, -0.2) is 19.9 Å². The van der Waals surface area contributed by atoms with Crippen LogP contribution in [0, 0.1) is 0 Å². The van der Waals surface area contributed by atoms with Crippen LogP contribution < -0.4 is 5.32 Å². The second-order valence-corrected chi connectivity index (χ2v) is 8.90. The number of carbonyl (C=O) groups excluding carboxylic acids is 1. The van der Waals surface area contributed by atoms with Gasteiger partial charge in [-0.05, 0) is 32.8 Å². The van der Waals surface area contributed by atoms with Crippen molar-refractivity contribution in [2.24, 2.45) is 0 Å². The van der Waals surface area contributed by atoms with Crippen LogP contribution in [0.15, 0.2) is 30.3 Å². The normalized spacial score (nSPS) is 18.0. The molecule has 1 aromatic heterocycles. The highest BCUT2D eigenvalue weighted by Crippen LogP contribution is 2.34. The second kappa shape index (κ2) is 6.75. The third kappa shape index (κ3) is 3.54. The SMILES string of the molecule is CC[C@H](C(=O)Nc1c2c(nn1C(C)(C)C)C[S@](=O)C2)c1ccccc1. The summed E-state index contributed by atoms with van der Waals surface area (Å²) in [6.45, 7) is 8.17. The van der Waals surface area contributed by atoms with Crippen LogP contribution in [0.1, 0.15) is 56.9 Å². The minimum absolute atomic E-state index is 0.0421.